The van der Waals surface area contributed by atoms with Gasteiger partial charge in [-0.1, -0.05) is 30.3 Å². The third-order valence-electron chi connectivity index (χ3n) is 3.87. The number of nitrogens with zero attached hydrogens (tertiary/aromatic N) is 3. The van der Waals surface area contributed by atoms with E-state index in [2.05, 4.69) is 20.6 Å². The third kappa shape index (κ3) is 2.44. The number of para-hydroxylation sites is 2. The monoisotopic (exact) mass is 317 g/mol. The number of aromatic amines is 1. The highest BCUT2D eigenvalue weighted by Crippen LogP contribution is 2.19. The summed E-state index contributed by atoms with van der Waals surface area (Å²) in [5.74, 6) is 0.326. The van der Waals surface area contributed by atoms with Crippen LogP contribution in [0.25, 0.3) is 16.6 Å². The first-order chi connectivity index (χ1) is 11.7. The molecule has 0 spiro atoms. The highest BCUT2D eigenvalue weighted by molar-refractivity contribution is 6.11. The van der Waals surface area contributed by atoms with Gasteiger partial charge in [-0.2, -0.15) is 5.10 Å². The molecule has 0 bridgehead atoms. The molecule has 4 aromatic rings. The number of aryl methyl sites for hydroxylation is 1. The number of aromatic nitrogens is 4. The van der Waals surface area contributed by atoms with Crippen LogP contribution < -0.4 is 5.32 Å². The van der Waals surface area contributed by atoms with Crippen molar-refractivity contribution >= 4 is 22.6 Å². The third-order valence-corrected chi connectivity index (χ3v) is 3.87. The zero-order valence-electron chi connectivity index (χ0n) is 13.0. The molecule has 0 saturated carbocycles. The number of fused-ring (bicyclic) bond motifs is 1. The summed E-state index contributed by atoms with van der Waals surface area (Å²) in [4.78, 5) is 12.6. The predicted molar refractivity (Wildman–Crippen MR) is 92.3 cm³/mol. The fraction of sp³-hybridized carbons (Fsp3) is 0.0556. The molecule has 2 heterocycles. The topological polar surface area (TPSA) is 75.6 Å². The Morgan fingerprint density at radius 1 is 1.12 bits per heavy atom. The number of nitrogens with one attached hydrogen (secondary N) is 2. The van der Waals surface area contributed by atoms with Crippen LogP contribution in [0.3, 0.4) is 0 Å². The number of rotatable bonds is 3. The molecule has 4 rings (SSSR count). The van der Waals surface area contributed by atoms with Crippen molar-refractivity contribution in [2.24, 2.45) is 0 Å². The predicted octanol–water partition coefficient (Wildman–Crippen LogP) is 3.31. The van der Waals surface area contributed by atoms with Gasteiger partial charge in [0.1, 0.15) is 0 Å². The average Bonchev–Trinajstić information content (AvgIpc) is 3.22. The highest BCUT2D eigenvalue weighted by atomic mass is 16.1. The van der Waals surface area contributed by atoms with Crippen LogP contribution in [0.2, 0.25) is 0 Å². The van der Waals surface area contributed by atoms with Gasteiger partial charge in [-0.15, -0.1) is 5.10 Å². The first-order valence-electron chi connectivity index (χ1n) is 7.57. The number of carbonyl (C=O) groups is 1. The smallest absolute Gasteiger partial charge is 0.259 e. The number of benzene rings is 2. The van der Waals surface area contributed by atoms with Crippen LogP contribution in [0, 0.1) is 6.92 Å². The second kappa shape index (κ2) is 5.66. The lowest BCUT2D eigenvalue weighted by Gasteiger charge is -2.04. The van der Waals surface area contributed by atoms with Crippen molar-refractivity contribution < 1.29 is 4.79 Å². The zero-order chi connectivity index (χ0) is 16.5. The first kappa shape index (κ1) is 14.2. The van der Waals surface area contributed by atoms with Gasteiger partial charge in [0.2, 0.25) is 0 Å². The van der Waals surface area contributed by atoms with Crippen molar-refractivity contribution in [2.45, 2.75) is 6.92 Å². The van der Waals surface area contributed by atoms with Gasteiger partial charge in [-0.3, -0.25) is 9.89 Å². The number of H-pyrrole nitrogens is 1. The molecule has 2 N–H and O–H groups in total. The molecule has 6 nitrogen and oxygen atoms in total. The van der Waals surface area contributed by atoms with Gasteiger partial charge in [-0.05, 0) is 25.1 Å². The number of carbonyl (C=O) groups excluding carboxylic acids is 1. The Morgan fingerprint density at radius 3 is 2.79 bits per heavy atom. The van der Waals surface area contributed by atoms with Crippen LogP contribution in [-0.4, -0.2) is 25.9 Å². The Balaban J connectivity index is 1.65. The van der Waals surface area contributed by atoms with Gasteiger partial charge in [0, 0.05) is 17.1 Å². The molecule has 2 aromatic heterocycles. The summed E-state index contributed by atoms with van der Waals surface area (Å²) in [6.45, 7) is 1.92. The highest BCUT2D eigenvalue weighted by Gasteiger charge is 2.14. The molecule has 0 saturated heterocycles. The molecule has 6 heteroatoms. The van der Waals surface area contributed by atoms with Crippen molar-refractivity contribution in [3.8, 4) is 5.69 Å². The molecule has 0 aliphatic rings. The lowest BCUT2D eigenvalue weighted by molar-refractivity contribution is 0.102. The van der Waals surface area contributed by atoms with E-state index in [4.69, 9.17) is 0 Å². The van der Waals surface area contributed by atoms with Crippen LogP contribution in [0.5, 0.6) is 0 Å². The van der Waals surface area contributed by atoms with Gasteiger partial charge in [0.25, 0.3) is 5.91 Å². The van der Waals surface area contributed by atoms with Crippen molar-refractivity contribution in [2.75, 3.05) is 5.32 Å². The van der Waals surface area contributed by atoms with E-state index in [0.29, 0.717) is 11.4 Å². The summed E-state index contributed by atoms with van der Waals surface area (Å²) in [7, 11) is 0. The van der Waals surface area contributed by atoms with E-state index in [9.17, 15) is 4.79 Å². The summed E-state index contributed by atoms with van der Waals surface area (Å²) in [6, 6.07) is 15.3. The molecule has 0 aliphatic heterocycles. The molecule has 24 heavy (non-hydrogen) atoms. The lowest BCUT2D eigenvalue weighted by atomic mass is 10.1. The van der Waals surface area contributed by atoms with Crippen LogP contribution in [0.15, 0.2) is 60.9 Å². The van der Waals surface area contributed by atoms with Crippen LogP contribution >= 0.6 is 0 Å². The molecular weight excluding hydrogens is 302 g/mol. The van der Waals surface area contributed by atoms with Crippen LogP contribution in [0.1, 0.15) is 15.9 Å². The van der Waals surface area contributed by atoms with Crippen molar-refractivity contribution in [1.29, 1.82) is 0 Å². The normalized spacial score (nSPS) is 10.9. The lowest BCUT2D eigenvalue weighted by Crippen LogP contribution is -2.13. The molecule has 0 aliphatic carbocycles. The standard InChI is InChI=1S/C18H15N5O/c1-12-11-23(14-7-3-2-4-8-14)22-17(12)20-18(24)15-9-5-6-13-10-19-21-16(13)15/h2-11H,1H3,(H,19,21)(H,20,22,24). The minimum Gasteiger partial charge on any atom is -0.305 e. The zero-order valence-corrected chi connectivity index (χ0v) is 13.0. The van der Waals surface area contributed by atoms with E-state index in [1.54, 1.807) is 16.9 Å². The second-order valence-electron chi connectivity index (χ2n) is 5.53. The fourth-order valence-corrected chi connectivity index (χ4v) is 2.63. The summed E-state index contributed by atoms with van der Waals surface area (Å²) < 4.78 is 1.75. The molecule has 0 fully saturated rings. The molecule has 0 radical (unpaired) electrons. The van der Waals surface area contributed by atoms with Gasteiger partial charge in [0.05, 0.1) is 23.0 Å². The van der Waals surface area contributed by atoms with Crippen molar-refractivity contribution in [3.63, 3.8) is 0 Å². The number of hydrogen-bond donors (Lipinski definition) is 2. The van der Waals surface area contributed by atoms with Crippen LogP contribution in [0.4, 0.5) is 5.82 Å². The molecule has 0 atom stereocenters. The minimum atomic E-state index is -0.216. The van der Waals surface area contributed by atoms with E-state index in [1.165, 1.54) is 0 Å². The van der Waals surface area contributed by atoms with Crippen molar-refractivity contribution in [3.05, 3.63) is 72.1 Å². The minimum absolute atomic E-state index is 0.216. The summed E-state index contributed by atoms with van der Waals surface area (Å²) in [5, 5.41) is 15.1. The average molecular weight is 317 g/mol. The largest absolute Gasteiger partial charge is 0.305 e. The quantitative estimate of drug-likeness (QED) is 0.608. The molecule has 0 unspecified atom stereocenters. The summed E-state index contributed by atoms with van der Waals surface area (Å²) in [6.07, 6.45) is 3.59. The van der Waals surface area contributed by atoms with Crippen molar-refractivity contribution in [1.82, 2.24) is 20.0 Å². The maximum Gasteiger partial charge on any atom is 0.259 e. The van der Waals surface area contributed by atoms with Gasteiger partial charge in [0.15, 0.2) is 5.82 Å². The van der Waals surface area contributed by atoms with Gasteiger partial charge >= 0.3 is 0 Å². The number of hydrogen-bond acceptors (Lipinski definition) is 3. The molecule has 1 amide bonds. The Morgan fingerprint density at radius 2 is 1.96 bits per heavy atom. The van der Waals surface area contributed by atoms with E-state index in [0.717, 1.165) is 22.2 Å². The van der Waals surface area contributed by atoms with Crippen LogP contribution in [-0.2, 0) is 0 Å². The SMILES string of the molecule is Cc1cn(-c2ccccc2)nc1NC(=O)c1cccc2cn[nH]c12. The number of amides is 1. The van der Waals surface area contributed by atoms with Gasteiger partial charge < -0.3 is 5.32 Å². The fourth-order valence-electron chi connectivity index (χ4n) is 2.63. The Hall–Kier alpha value is -3.41. The number of anilines is 1. The molecule has 118 valence electrons. The Labute approximate surface area is 138 Å². The van der Waals surface area contributed by atoms with E-state index in [-0.39, 0.29) is 5.91 Å². The van der Waals surface area contributed by atoms with E-state index >= 15 is 0 Å². The maximum atomic E-state index is 12.6. The first-order valence-corrected chi connectivity index (χ1v) is 7.57. The van der Waals surface area contributed by atoms with E-state index in [1.807, 2.05) is 55.6 Å². The Kier molecular flexibility index (Phi) is 3.35. The maximum absolute atomic E-state index is 12.6. The van der Waals surface area contributed by atoms with Gasteiger partial charge in [-0.25, -0.2) is 4.68 Å². The van der Waals surface area contributed by atoms with E-state index < -0.39 is 0 Å². The summed E-state index contributed by atoms with van der Waals surface area (Å²) in [5.41, 5.74) is 3.09. The second-order valence-corrected chi connectivity index (χ2v) is 5.53. The summed E-state index contributed by atoms with van der Waals surface area (Å²) >= 11 is 0. The molecular formula is C18H15N5O. The molecule has 2 aromatic carbocycles. The Bertz CT molecular complexity index is 1020.